The third-order valence-corrected chi connectivity index (χ3v) is 1.73. The van der Waals surface area contributed by atoms with Gasteiger partial charge in [0.2, 0.25) is 0 Å². The summed E-state index contributed by atoms with van der Waals surface area (Å²) in [4.78, 5) is 0. The van der Waals surface area contributed by atoms with Crippen molar-refractivity contribution in [2.24, 2.45) is 5.41 Å². The van der Waals surface area contributed by atoms with Crippen molar-refractivity contribution < 1.29 is 5.11 Å². The highest BCUT2D eigenvalue weighted by atomic mass is 16.3. The molecule has 1 rings (SSSR count). The number of hydrogen-bond donors (Lipinski definition) is 2. The SMILES string of the molecule is C=C(O)C1(C)CNC1. The number of hydrogen-bond acceptors (Lipinski definition) is 2. The molecule has 0 saturated carbocycles. The maximum absolute atomic E-state index is 8.90. The lowest BCUT2D eigenvalue weighted by Gasteiger charge is -2.38. The van der Waals surface area contributed by atoms with E-state index in [1.807, 2.05) is 6.92 Å². The maximum Gasteiger partial charge on any atom is 0.0935 e. The lowest BCUT2D eigenvalue weighted by Crippen LogP contribution is -2.52. The molecule has 0 amide bonds. The van der Waals surface area contributed by atoms with Gasteiger partial charge in [0.05, 0.1) is 5.76 Å². The highest BCUT2D eigenvalue weighted by molar-refractivity contribution is 5.07. The van der Waals surface area contributed by atoms with E-state index in [1.54, 1.807) is 0 Å². The highest BCUT2D eigenvalue weighted by Gasteiger charge is 2.34. The monoisotopic (exact) mass is 113 g/mol. The van der Waals surface area contributed by atoms with Gasteiger partial charge in [-0.1, -0.05) is 13.5 Å². The predicted molar refractivity (Wildman–Crippen MR) is 32.7 cm³/mol. The second kappa shape index (κ2) is 1.49. The van der Waals surface area contributed by atoms with Crippen LogP contribution in [0.3, 0.4) is 0 Å². The van der Waals surface area contributed by atoms with Crippen molar-refractivity contribution in [3.63, 3.8) is 0 Å². The zero-order valence-corrected chi connectivity index (χ0v) is 5.07. The van der Waals surface area contributed by atoms with Gasteiger partial charge in [0.15, 0.2) is 0 Å². The molecule has 0 aliphatic carbocycles. The molecule has 8 heavy (non-hydrogen) atoms. The Labute approximate surface area is 49.2 Å². The Morgan fingerprint density at radius 2 is 2.25 bits per heavy atom. The summed E-state index contributed by atoms with van der Waals surface area (Å²) in [6, 6.07) is 0. The van der Waals surface area contributed by atoms with E-state index in [0.29, 0.717) is 5.76 Å². The number of rotatable bonds is 1. The van der Waals surface area contributed by atoms with Crippen LogP contribution in [0.15, 0.2) is 12.3 Å². The second-order valence-electron chi connectivity index (χ2n) is 2.61. The summed E-state index contributed by atoms with van der Waals surface area (Å²) in [5.74, 6) is 0.302. The molecule has 0 aromatic rings. The summed E-state index contributed by atoms with van der Waals surface area (Å²) in [5.41, 5.74) is -0.0278. The van der Waals surface area contributed by atoms with Crippen molar-refractivity contribution in [3.8, 4) is 0 Å². The van der Waals surface area contributed by atoms with Crippen molar-refractivity contribution in [1.29, 1.82) is 0 Å². The van der Waals surface area contributed by atoms with Gasteiger partial charge in [-0.05, 0) is 0 Å². The van der Waals surface area contributed by atoms with Gasteiger partial charge in [-0.2, -0.15) is 0 Å². The quantitative estimate of drug-likeness (QED) is 0.490. The standard InChI is InChI=1S/C6H11NO/c1-5(8)6(2)3-7-4-6/h7-8H,1,3-4H2,2H3. The maximum atomic E-state index is 8.90. The number of aliphatic hydroxyl groups excluding tert-OH is 1. The van der Waals surface area contributed by atoms with Crippen LogP contribution in [0.2, 0.25) is 0 Å². The van der Waals surface area contributed by atoms with Crippen LogP contribution in [0.25, 0.3) is 0 Å². The summed E-state index contributed by atoms with van der Waals surface area (Å²) in [7, 11) is 0. The van der Waals surface area contributed by atoms with Crippen LogP contribution in [-0.4, -0.2) is 18.2 Å². The molecule has 0 bridgehead atoms. The van der Waals surface area contributed by atoms with E-state index in [2.05, 4.69) is 11.9 Å². The summed E-state index contributed by atoms with van der Waals surface area (Å²) in [5, 5.41) is 12.0. The Morgan fingerprint density at radius 1 is 1.75 bits per heavy atom. The van der Waals surface area contributed by atoms with E-state index in [0.717, 1.165) is 13.1 Å². The minimum absolute atomic E-state index is 0.0278. The van der Waals surface area contributed by atoms with E-state index in [-0.39, 0.29) is 5.41 Å². The summed E-state index contributed by atoms with van der Waals surface area (Å²) in [6.07, 6.45) is 0. The normalized spacial score (nSPS) is 24.1. The van der Waals surface area contributed by atoms with Crippen LogP contribution >= 0.6 is 0 Å². The third kappa shape index (κ3) is 0.611. The molecule has 0 atom stereocenters. The van der Waals surface area contributed by atoms with Crippen LogP contribution in [-0.2, 0) is 0 Å². The van der Waals surface area contributed by atoms with Crippen molar-refractivity contribution in [2.75, 3.05) is 13.1 Å². The van der Waals surface area contributed by atoms with Crippen LogP contribution in [0.5, 0.6) is 0 Å². The average molecular weight is 113 g/mol. The van der Waals surface area contributed by atoms with Gasteiger partial charge in [-0.25, -0.2) is 0 Å². The van der Waals surface area contributed by atoms with Gasteiger partial charge in [0.1, 0.15) is 0 Å². The number of nitrogens with one attached hydrogen (secondary N) is 1. The Kier molecular flexibility index (Phi) is 1.05. The molecule has 0 unspecified atom stereocenters. The minimum atomic E-state index is -0.0278. The fraction of sp³-hybridized carbons (Fsp3) is 0.667. The molecule has 1 aliphatic heterocycles. The molecule has 0 spiro atoms. The van der Waals surface area contributed by atoms with E-state index in [4.69, 9.17) is 5.11 Å². The third-order valence-electron chi connectivity index (χ3n) is 1.73. The van der Waals surface area contributed by atoms with E-state index < -0.39 is 0 Å². The van der Waals surface area contributed by atoms with Gasteiger partial charge >= 0.3 is 0 Å². The molecular weight excluding hydrogens is 102 g/mol. The lowest BCUT2D eigenvalue weighted by atomic mass is 9.83. The molecule has 1 saturated heterocycles. The Balaban J connectivity index is 2.53. The van der Waals surface area contributed by atoms with Gasteiger partial charge in [-0.3, -0.25) is 0 Å². The van der Waals surface area contributed by atoms with Crippen molar-refractivity contribution in [3.05, 3.63) is 12.3 Å². The van der Waals surface area contributed by atoms with Crippen LogP contribution in [0, 0.1) is 5.41 Å². The van der Waals surface area contributed by atoms with Gasteiger partial charge in [-0.15, -0.1) is 0 Å². The Bertz CT molecular complexity index is 116. The Morgan fingerprint density at radius 3 is 2.25 bits per heavy atom. The molecular formula is C6H11NO. The minimum Gasteiger partial charge on any atom is -0.512 e. The molecule has 0 aromatic carbocycles. The van der Waals surface area contributed by atoms with E-state index in [9.17, 15) is 0 Å². The Hall–Kier alpha value is -0.500. The zero-order chi connectivity index (χ0) is 6.20. The fourth-order valence-corrected chi connectivity index (χ4v) is 0.704. The first-order chi connectivity index (χ1) is 3.65. The first-order valence-corrected chi connectivity index (χ1v) is 2.74. The molecule has 0 radical (unpaired) electrons. The van der Waals surface area contributed by atoms with Gasteiger partial charge < -0.3 is 10.4 Å². The van der Waals surface area contributed by atoms with E-state index in [1.165, 1.54) is 0 Å². The zero-order valence-electron chi connectivity index (χ0n) is 5.07. The molecule has 2 N–H and O–H groups in total. The molecule has 0 aromatic heterocycles. The van der Waals surface area contributed by atoms with Gasteiger partial charge in [0, 0.05) is 18.5 Å². The van der Waals surface area contributed by atoms with Gasteiger partial charge in [0.25, 0.3) is 0 Å². The van der Waals surface area contributed by atoms with Crippen LogP contribution in [0.4, 0.5) is 0 Å². The van der Waals surface area contributed by atoms with Crippen molar-refractivity contribution >= 4 is 0 Å². The topological polar surface area (TPSA) is 32.3 Å². The molecule has 1 aliphatic rings. The second-order valence-corrected chi connectivity index (χ2v) is 2.61. The predicted octanol–water partition coefficient (Wildman–Crippen LogP) is 0.668. The average Bonchev–Trinajstić information content (AvgIpc) is 1.60. The molecule has 2 heteroatoms. The fourth-order valence-electron chi connectivity index (χ4n) is 0.704. The summed E-state index contributed by atoms with van der Waals surface area (Å²) in [6.45, 7) is 7.18. The van der Waals surface area contributed by atoms with E-state index >= 15 is 0 Å². The molecule has 46 valence electrons. The van der Waals surface area contributed by atoms with Crippen LogP contribution in [0.1, 0.15) is 6.92 Å². The summed E-state index contributed by atoms with van der Waals surface area (Å²) < 4.78 is 0. The van der Waals surface area contributed by atoms with Crippen molar-refractivity contribution in [1.82, 2.24) is 5.32 Å². The molecule has 2 nitrogen and oxygen atoms in total. The summed E-state index contributed by atoms with van der Waals surface area (Å²) >= 11 is 0. The van der Waals surface area contributed by atoms with Crippen LogP contribution < -0.4 is 5.32 Å². The molecule has 1 heterocycles. The first-order valence-electron chi connectivity index (χ1n) is 2.74. The first kappa shape index (κ1) is 5.63. The number of aliphatic hydroxyl groups is 1. The lowest BCUT2D eigenvalue weighted by molar-refractivity contribution is 0.163. The highest BCUT2D eigenvalue weighted by Crippen LogP contribution is 2.27. The molecule has 1 fully saturated rings. The van der Waals surface area contributed by atoms with Crippen molar-refractivity contribution in [2.45, 2.75) is 6.92 Å². The largest absolute Gasteiger partial charge is 0.512 e. The smallest absolute Gasteiger partial charge is 0.0935 e.